The van der Waals surface area contributed by atoms with Gasteiger partial charge in [-0.05, 0) is 18.2 Å². The standard InChI is InChI=1S/C14H14ClN3O4/c1-18-11(14(20)22-3)7-10(17-18)13(19)16-9-6-8(15)4-5-12(9)21-2/h4-7H,1-3H3,(H,16,19). The molecule has 0 aliphatic carbocycles. The predicted octanol–water partition coefficient (Wildman–Crippen LogP) is 2.12. The van der Waals surface area contributed by atoms with Gasteiger partial charge < -0.3 is 14.8 Å². The molecule has 22 heavy (non-hydrogen) atoms. The van der Waals surface area contributed by atoms with Gasteiger partial charge >= 0.3 is 5.97 Å². The summed E-state index contributed by atoms with van der Waals surface area (Å²) >= 11 is 5.91. The van der Waals surface area contributed by atoms with E-state index >= 15 is 0 Å². The first kappa shape index (κ1) is 15.8. The van der Waals surface area contributed by atoms with Crippen molar-refractivity contribution in [2.24, 2.45) is 7.05 Å². The fourth-order valence-corrected chi connectivity index (χ4v) is 2.01. The van der Waals surface area contributed by atoms with Gasteiger partial charge in [0.25, 0.3) is 5.91 Å². The Labute approximate surface area is 131 Å². The van der Waals surface area contributed by atoms with Crippen LogP contribution in [0.2, 0.25) is 5.02 Å². The second kappa shape index (κ2) is 6.48. The van der Waals surface area contributed by atoms with Crippen LogP contribution in [-0.2, 0) is 11.8 Å². The zero-order valence-electron chi connectivity index (χ0n) is 12.2. The third kappa shape index (κ3) is 3.20. The van der Waals surface area contributed by atoms with Gasteiger partial charge in [-0.1, -0.05) is 11.6 Å². The molecule has 0 saturated carbocycles. The molecule has 0 saturated heterocycles. The van der Waals surface area contributed by atoms with Gasteiger partial charge in [0.15, 0.2) is 5.69 Å². The number of carbonyl (C=O) groups excluding carboxylic acids is 2. The van der Waals surface area contributed by atoms with Crippen molar-refractivity contribution in [1.82, 2.24) is 9.78 Å². The summed E-state index contributed by atoms with van der Waals surface area (Å²) in [5.41, 5.74) is 0.654. The van der Waals surface area contributed by atoms with Crippen LogP contribution in [0.15, 0.2) is 24.3 Å². The molecule has 2 rings (SSSR count). The molecule has 1 aromatic heterocycles. The van der Waals surface area contributed by atoms with E-state index in [2.05, 4.69) is 15.2 Å². The average molecular weight is 324 g/mol. The van der Waals surface area contributed by atoms with E-state index < -0.39 is 11.9 Å². The van der Waals surface area contributed by atoms with Crippen LogP contribution in [-0.4, -0.2) is 35.9 Å². The molecule has 1 aromatic carbocycles. The number of rotatable bonds is 4. The number of aryl methyl sites for hydroxylation is 1. The number of hydrogen-bond donors (Lipinski definition) is 1. The Hall–Kier alpha value is -2.54. The molecule has 2 aromatic rings. The molecule has 0 aliphatic heterocycles. The normalized spacial score (nSPS) is 10.2. The summed E-state index contributed by atoms with van der Waals surface area (Å²) in [6, 6.07) is 6.18. The van der Waals surface area contributed by atoms with Crippen molar-refractivity contribution in [3.05, 3.63) is 40.7 Å². The smallest absolute Gasteiger partial charge is 0.356 e. The first-order valence-corrected chi connectivity index (χ1v) is 6.61. The minimum Gasteiger partial charge on any atom is -0.495 e. The summed E-state index contributed by atoms with van der Waals surface area (Å²) in [7, 11) is 4.28. The predicted molar refractivity (Wildman–Crippen MR) is 80.5 cm³/mol. The highest BCUT2D eigenvalue weighted by molar-refractivity contribution is 6.31. The number of hydrogen-bond acceptors (Lipinski definition) is 5. The summed E-state index contributed by atoms with van der Waals surface area (Å²) in [5.74, 6) is -0.609. The van der Waals surface area contributed by atoms with E-state index in [0.29, 0.717) is 16.5 Å². The zero-order chi connectivity index (χ0) is 16.3. The summed E-state index contributed by atoms with van der Waals surface area (Å²) in [5, 5.41) is 7.07. The third-order valence-corrected chi connectivity index (χ3v) is 3.15. The number of ether oxygens (including phenoxy) is 2. The number of amides is 1. The monoisotopic (exact) mass is 323 g/mol. The number of halogens is 1. The number of benzene rings is 1. The molecule has 0 atom stereocenters. The molecule has 1 heterocycles. The summed E-state index contributed by atoms with van der Waals surface area (Å²) in [6.07, 6.45) is 0. The van der Waals surface area contributed by atoms with Crippen molar-refractivity contribution in [3.8, 4) is 5.75 Å². The number of methoxy groups -OCH3 is 2. The van der Waals surface area contributed by atoms with E-state index in [1.54, 1.807) is 25.2 Å². The van der Waals surface area contributed by atoms with Crippen molar-refractivity contribution in [2.75, 3.05) is 19.5 Å². The molecule has 7 nitrogen and oxygen atoms in total. The molecular formula is C14H14ClN3O4. The quantitative estimate of drug-likeness (QED) is 0.871. The number of esters is 1. The van der Waals surface area contributed by atoms with Gasteiger partial charge in [0.2, 0.25) is 0 Å². The molecule has 0 radical (unpaired) electrons. The minimum absolute atomic E-state index is 0.0740. The molecular weight excluding hydrogens is 310 g/mol. The van der Waals surface area contributed by atoms with Crippen molar-refractivity contribution < 1.29 is 19.1 Å². The van der Waals surface area contributed by atoms with Crippen molar-refractivity contribution in [1.29, 1.82) is 0 Å². The Morgan fingerprint density at radius 3 is 2.64 bits per heavy atom. The molecule has 0 spiro atoms. The largest absolute Gasteiger partial charge is 0.495 e. The van der Waals surface area contributed by atoms with Gasteiger partial charge in [-0.2, -0.15) is 5.10 Å². The fourth-order valence-electron chi connectivity index (χ4n) is 1.84. The molecule has 1 amide bonds. The van der Waals surface area contributed by atoms with Crippen molar-refractivity contribution in [2.45, 2.75) is 0 Å². The summed E-state index contributed by atoms with van der Waals surface area (Å²) in [4.78, 5) is 23.8. The van der Waals surface area contributed by atoms with Gasteiger partial charge in [-0.25, -0.2) is 4.79 Å². The van der Waals surface area contributed by atoms with E-state index in [9.17, 15) is 9.59 Å². The minimum atomic E-state index is -0.575. The lowest BCUT2D eigenvalue weighted by Crippen LogP contribution is -2.13. The Morgan fingerprint density at radius 1 is 1.27 bits per heavy atom. The zero-order valence-corrected chi connectivity index (χ0v) is 13.0. The molecule has 116 valence electrons. The Bertz CT molecular complexity index is 727. The molecule has 0 fully saturated rings. The molecule has 0 unspecified atom stereocenters. The Morgan fingerprint density at radius 2 is 2.00 bits per heavy atom. The first-order chi connectivity index (χ1) is 10.5. The summed E-state index contributed by atoms with van der Waals surface area (Å²) in [6.45, 7) is 0. The van der Waals surface area contributed by atoms with Crippen LogP contribution < -0.4 is 10.1 Å². The Kier molecular flexibility index (Phi) is 4.67. The maximum absolute atomic E-state index is 12.2. The Balaban J connectivity index is 2.26. The number of aromatic nitrogens is 2. The van der Waals surface area contributed by atoms with Crippen LogP contribution in [0.3, 0.4) is 0 Å². The number of carbonyl (C=O) groups is 2. The highest BCUT2D eigenvalue weighted by Gasteiger charge is 2.19. The van der Waals surface area contributed by atoms with E-state index in [1.165, 1.54) is 25.0 Å². The van der Waals surface area contributed by atoms with Gasteiger partial charge in [0.1, 0.15) is 11.4 Å². The highest BCUT2D eigenvalue weighted by atomic mass is 35.5. The lowest BCUT2D eigenvalue weighted by Gasteiger charge is -2.09. The van der Waals surface area contributed by atoms with Gasteiger partial charge in [0, 0.05) is 18.1 Å². The molecule has 1 N–H and O–H groups in total. The van der Waals surface area contributed by atoms with Crippen LogP contribution in [0.4, 0.5) is 5.69 Å². The second-order valence-corrected chi connectivity index (χ2v) is 4.77. The van der Waals surface area contributed by atoms with Crippen molar-refractivity contribution in [3.63, 3.8) is 0 Å². The van der Waals surface area contributed by atoms with Crippen LogP contribution in [0, 0.1) is 0 Å². The van der Waals surface area contributed by atoms with Crippen LogP contribution >= 0.6 is 11.6 Å². The first-order valence-electron chi connectivity index (χ1n) is 6.23. The van der Waals surface area contributed by atoms with Crippen molar-refractivity contribution >= 4 is 29.2 Å². The number of anilines is 1. The second-order valence-electron chi connectivity index (χ2n) is 4.33. The average Bonchev–Trinajstić information content (AvgIpc) is 2.89. The van der Waals surface area contributed by atoms with Crippen LogP contribution in [0.1, 0.15) is 21.0 Å². The summed E-state index contributed by atoms with van der Waals surface area (Å²) < 4.78 is 11.0. The highest BCUT2D eigenvalue weighted by Crippen LogP contribution is 2.28. The maximum atomic E-state index is 12.2. The van der Waals surface area contributed by atoms with E-state index in [4.69, 9.17) is 16.3 Å². The molecule has 0 aliphatic rings. The lowest BCUT2D eigenvalue weighted by atomic mass is 10.2. The molecule has 0 bridgehead atoms. The van der Waals surface area contributed by atoms with Gasteiger partial charge in [-0.3, -0.25) is 9.48 Å². The van der Waals surface area contributed by atoms with Gasteiger partial charge in [0.05, 0.1) is 19.9 Å². The number of nitrogens with zero attached hydrogens (tertiary/aromatic N) is 2. The van der Waals surface area contributed by atoms with E-state index in [-0.39, 0.29) is 11.4 Å². The number of nitrogens with one attached hydrogen (secondary N) is 1. The SMILES string of the molecule is COC(=O)c1cc(C(=O)Nc2cc(Cl)ccc2OC)nn1C. The molecule has 8 heteroatoms. The topological polar surface area (TPSA) is 82.5 Å². The third-order valence-electron chi connectivity index (χ3n) is 2.92. The van der Waals surface area contributed by atoms with Crippen LogP contribution in [0.5, 0.6) is 5.75 Å². The fraction of sp³-hybridized carbons (Fsp3) is 0.214. The van der Waals surface area contributed by atoms with E-state index in [0.717, 1.165) is 0 Å². The lowest BCUT2D eigenvalue weighted by molar-refractivity contribution is 0.0588. The van der Waals surface area contributed by atoms with Crippen LogP contribution in [0.25, 0.3) is 0 Å². The maximum Gasteiger partial charge on any atom is 0.356 e. The van der Waals surface area contributed by atoms with Gasteiger partial charge in [-0.15, -0.1) is 0 Å². The van der Waals surface area contributed by atoms with E-state index in [1.807, 2.05) is 0 Å².